The van der Waals surface area contributed by atoms with Gasteiger partial charge in [0, 0.05) is 19.1 Å². The van der Waals surface area contributed by atoms with Crippen LogP contribution in [0.15, 0.2) is 0 Å². The van der Waals surface area contributed by atoms with Crippen molar-refractivity contribution in [3.63, 3.8) is 0 Å². The van der Waals surface area contributed by atoms with Gasteiger partial charge in [-0.3, -0.25) is 0 Å². The number of carbonyl (C=O) groups excluding carboxylic acids is 1. The van der Waals surface area contributed by atoms with Crippen molar-refractivity contribution in [3.8, 4) is 0 Å². The van der Waals surface area contributed by atoms with E-state index in [1.807, 2.05) is 32.6 Å². The molecule has 0 aromatic carbocycles. The van der Waals surface area contributed by atoms with E-state index < -0.39 is 5.60 Å². The average Bonchev–Trinajstić information content (AvgIpc) is 2.49. The summed E-state index contributed by atoms with van der Waals surface area (Å²) in [6.45, 7) is 10.4. The van der Waals surface area contributed by atoms with Crippen LogP contribution in [0.1, 0.15) is 34.1 Å². The van der Waals surface area contributed by atoms with Crippen molar-refractivity contribution < 1.29 is 9.53 Å². The van der Waals surface area contributed by atoms with Crippen LogP contribution in [0.25, 0.3) is 0 Å². The van der Waals surface area contributed by atoms with E-state index in [2.05, 4.69) is 11.9 Å². The molecule has 0 aromatic rings. The number of likely N-dealkylation sites (N-methyl/N-ethyl adjacent to an activating group) is 2. The van der Waals surface area contributed by atoms with Crippen LogP contribution in [-0.2, 0) is 4.74 Å². The number of hydrogen-bond donors (Lipinski definition) is 0. The normalized spacial score (nSPS) is 22.2. The summed E-state index contributed by atoms with van der Waals surface area (Å²) in [5.74, 6) is 0. The van der Waals surface area contributed by atoms with Crippen LogP contribution in [0.3, 0.4) is 0 Å². The summed E-state index contributed by atoms with van der Waals surface area (Å²) in [5.41, 5.74) is -0.408. The molecule has 4 heteroatoms. The Balaban J connectivity index is 2.57. The van der Waals surface area contributed by atoms with Gasteiger partial charge in [0.25, 0.3) is 0 Å². The zero-order valence-electron chi connectivity index (χ0n) is 11.1. The summed E-state index contributed by atoms with van der Waals surface area (Å²) in [6, 6.07) is 0.310. The van der Waals surface area contributed by atoms with E-state index >= 15 is 0 Å². The molecule has 0 N–H and O–H groups in total. The standard InChI is InChI=1S/C12H24N2O2/c1-6-14(10-7-8-13(5)9-10)11(15)16-12(2,3)4/h10H,6-9H2,1-5H3. The van der Waals surface area contributed by atoms with E-state index in [1.54, 1.807) is 0 Å². The van der Waals surface area contributed by atoms with Gasteiger partial charge < -0.3 is 14.5 Å². The SMILES string of the molecule is CCN(C(=O)OC(C)(C)C)C1CCN(C)C1. The second-order valence-corrected chi connectivity index (χ2v) is 5.47. The molecule has 1 heterocycles. The summed E-state index contributed by atoms with van der Waals surface area (Å²) in [7, 11) is 2.09. The summed E-state index contributed by atoms with van der Waals surface area (Å²) in [4.78, 5) is 16.1. The molecule has 1 aliphatic rings. The van der Waals surface area contributed by atoms with Crippen LogP contribution in [0.2, 0.25) is 0 Å². The van der Waals surface area contributed by atoms with E-state index in [1.165, 1.54) is 0 Å². The number of ether oxygens (including phenoxy) is 1. The molecule has 0 bridgehead atoms. The third-order valence-electron chi connectivity index (χ3n) is 2.78. The molecule has 4 nitrogen and oxygen atoms in total. The Morgan fingerprint density at radius 3 is 2.50 bits per heavy atom. The van der Waals surface area contributed by atoms with Gasteiger partial charge in [0.05, 0.1) is 0 Å². The maximum absolute atomic E-state index is 12.0. The molecule has 1 fully saturated rings. The highest BCUT2D eigenvalue weighted by Gasteiger charge is 2.30. The lowest BCUT2D eigenvalue weighted by Gasteiger charge is -2.30. The summed E-state index contributed by atoms with van der Waals surface area (Å²) in [6.07, 6.45) is 0.860. The van der Waals surface area contributed by atoms with Gasteiger partial charge >= 0.3 is 6.09 Å². The van der Waals surface area contributed by atoms with Crippen LogP contribution >= 0.6 is 0 Å². The van der Waals surface area contributed by atoms with Crippen LogP contribution in [0.4, 0.5) is 4.79 Å². The van der Waals surface area contributed by atoms with Gasteiger partial charge in [0.15, 0.2) is 0 Å². The molecular formula is C12H24N2O2. The molecule has 0 spiro atoms. The van der Waals surface area contributed by atoms with E-state index in [9.17, 15) is 4.79 Å². The smallest absolute Gasteiger partial charge is 0.410 e. The highest BCUT2D eigenvalue weighted by molar-refractivity contribution is 5.68. The van der Waals surface area contributed by atoms with E-state index in [0.29, 0.717) is 12.6 Å². The van der Waals surface area contributed by atoms with Gasteiger partial charge in [-0.15, -0.1) is 0 Å². The van der Waals surface area contributed by atoms with Crippen molar-refractivity contribution >= 4 is 6.09 Å². The minimum atomic E-state index is -0.408. The van der Waals surface area contributed by atoms with E-state index in [4.69, 9.17) is 4.74 Å². The second kappa shape index (κ2) is 5.04. The minimum absolute atomic E-state index is 0.185. The molecule has 1 rings (SSSR count). The molecule has 1 aliphatic heterocycles. The first-order chi connectivity index (χ1) is 7.33. The van der Waals surface area contributed by atoms with Gasteiger partial charge in [0.2, 0.25) is 0 Å². The van der Waals surface area contributed by atoms with Crippen molar-refractivity contribution in [2.45, 2.75) is 45.8 Å². The molecule has 1 saturated heterocycles. The van der Waals surface area contributed by atoms with Crippen molar-refractivity contribution in [3.05, 3.63) is 0 Å². The van der Waals surface area contributed by atoms with Gasteiger partial charge in [-0.05, 0) is 47.7 Å². The third-order valence-corrected chi connectivity index (χ3v) is 2.78. The lowest BCUT2D eigenvalue weighted by molar-refractivity contribution is 0.0182. The molecule has 94 valence electrons. The van der Waals surface area contributed by atoms with Crippen LogP contribution in [0, 0.1) is 0 Å². The first-order valence-electron chi connectivity index (χ1n) is 6.01. The number of amides is 1. The quantitative estimate of drug-likeness (QED) is 0.724. The van der Waals surface area contributed by atoms with Gasteiger partial charge in [-0.2, -0.15) is 0 Å². The maximum atomic E-state index is 12.0. The van der Waals surface area contributed by atoms with Crippen molar-refractivity contribution in [1.29, 1.82) is 0 Å². The fourth-order valence-electron chi connectivity index (χ4n) is 2.02. The van der Waals surface area contributed by atoms with Crippen molar-refractivity contribution in [2.24, 2.45) is 0 Å². The maximum Gasteiger partial charge on any atom is 0.410 e. The molecule has 1 atom stereocenters. The minimum Gasteiger partial charge on any atom is -0.444 e. The third kappa shape index (κ3) is 3.67. The first kappa shape index (κ1) is 13.3. The fraction of sp³-hybridized carbons (Fsp3) is 0.917. The zero-order chi connectivity index (χ0) is 12.3. The predicted molar refractivity (Wildman–Crippen MR) is 64.5 cm³/mol. The molecule has 0 aromatic heterocycles. The Hall–Kier alpha value is -0.770. The molecule has 16 heavy (non-hydrogen) atoms. The summed E-state index contributed by atoms with van der Waals surface area (Å²) < 4.78 is 5.41. The van der Waals surface area contributed by atoms with Crippen LogP contribution in [0.5, 0.6) is 0 Å². The highest BCUT2D eigenvalue weighted by atomic mass is 16.6. The van der Waals surface area contributed by atoms with Gasteiger partial charge in [-0.1, -0.05) is 0 Å². The molecule has 0 aliphatic carbocycles. The summed E-state index contributed by atoms with van der Waals surface area (Å²) in [5, 5.41) is 0. The van der Waals surface area contributed by atoms with Crippen molar-refractivity contribution in [1.82, 2.24) is 9.80 Å². The average molecular weight is 228 g/mol. The predicted octanol–water partition coefficient (Wildman–Crippen LogP) is 1.95. The summed E-state index contributed by atoms with van der Waals surface area (Å²) >= 11 is 0. The Labute approximate surface area is 98.5 Å². The molecule has 0 radical (unpaired) electrons. The van der Waals surface area contributed by atoms with Gasteiger partial charge in [-0.25, -0.2) is 4.79 Å². The number of carbonyl (C=O) groups is 1. The van der Waals surface area contributed by atoms with Crippen LogP contribution in [-0.4, -0.2) is 54.2 Å². The lowest BCUT2D eigenvalue weighted by atomic mass is 10.2. The largest absolute Gasteiger partial charge is 0.444 e. The number of nitrogens with zero attached hydrogens (tertiary/aromatic N) is 2. The molecule has 1 amide bonds. The van der Waals surface area contributed by atoms with Crippen molar-refractivity contribution in [2.75, 3.05) is 26.7 Å². The Morgan fingerprint density at radius 1 is 1.50 bits per heavy atom. The Bertz CT molecular complexity index is 248. The monoisotopic (exact) mass is 228 g/mol. The van der Waals surface area contributed by atoms with Crippen LogP contribution < -0.4 is 0 Å². The zero-order valence-corrected chi connectivity index (χ0v) is 11.1. The number of rotatable bonds is 2. The number of hydrogen-bond acceptors (Lipinski definition) is 3. The lowest BCUT2D eigenvalue weighted by Crippen LogP contribution is -2.44. The second-order valence-electron chi connectivity index (χ2n) is 5.47. The number of likely N-dealkylation sites (tertiary alicyclic amines) is 1. The first-order valence-corrected chi connectivity index (χ1v) is 6.01. The molecular weight excluding hydrogens is 204 g/mol. The molecule has 1 unspecified atom stereocenters. The molecule has 0 saturated carbocycles. The topological polar surface area (TPSA) is 32.8 Å². The van der Waals surface area contributed by atoms with E-state index in [0.717, 1.165) is 19.5 Å². The Morgan fingerprint density at radius 2 is 2.12 bits per heavy atom. The fourth-order valence-corrected chi connectivity index (χ4v) is 2.02. The van der Waals surface area contributed by atoms with E-state index in [-0.39, 0.29) is 6.09 Å². The Kier molecular flexibility index (Phi) is 4.19. The highest BCUT2D eigenvalue weighted by Crippen LogP contribution is 2.17. The van der Waals surface area contributed by atoms with Gasteiger partial charge in [0.1, 0.15) is 5.60 Å².